The van der Waals surface area contributed by atoms with Gasteiger partial charge in [0.2, 0.25) is 0 Å². The van der Waals surface area contributed by atoms with Gasteiger partial charge in [-0.25, -0.2) is 0 Å². The largest absolute Gasteiger partial charge is 0.265 e. The lowest BCUT2D eigenvalue weighted by Crippen LogP contribution is -1.97. The molecule has 1 nitrogen and oxygen atoms in total. The third-order valence-corrected chi connectivity index (χ3v) is 2.17. The maximum Gasteiger partial charge on any atom is 0.0384 e. The Kier molecular flexibility index (Phi) is 4.57. The second-order valence-electron chi connectivity index (χ2n) is 2.68. The average molecular weight is 187 g/mol. The number of hydrogen-bond donors (Lipinski definition) is 0. The van der Waals surface area contributed by atoms with Crippen molar-refractivity contribution >= 4 is 15.4 Å². The van der Waals surface area contributed by atoms with E-state index >= 15 is 0 Å². The molecule has 66 valence electrons. The highest BCUT2D eigenvalue weighted by Gasteiger charge is 1.72. The normalized spacial score (nSPS) is 8.62. The zero-order valence-electron chi connectivity index (χ0n) is 7.72. The zero-order chi connectivity index (χ0) is 9.36. The van der Waals surface area contributed by atoms with Crippen molar-refractivity contribution in [2.75, 3.05) is 0 Å². The molecule has 2 rings (SSSR count). The van der Waals surface area contributed by atoms with E-state index in [1.807, 2.05) is 24.3 Å². The fraction of sp³-hybridized carbons (Fsp3) is 0. The van der Waals surface area contributed by atoms with Crippen molar-refractivity contribution in [1.29, 1.82) is 0 Å². The summed E-state index contributed by atoms with van der Waals surface area (Å²) < 4.78 is 0. The molecule has 0 N–H and O–H groups in total. The molecule has 0 amide bonds. The number of hydrogen-bond acceptors (Lipinski definition) is 1. The fourth-order valence-electron chi connectivity index (χ4n) is 0.847. The molecule has 2 aromatic rings. The van der Waals surface area contributed by atoms with Gasteiger partial charge in [-0.3, -0.25) is 4.98 Å². The van der Waals surface area contributed by atoms with E-state index in [1.54, 1.807) is 12.4 Å². The fourth-order valence-corrected chi connectivity index (χ4v) is 1.23. The van der Waals surface area contributed by atoms with Gasteiger partial charge in [0.05, 0.1) is 0 Å². The van der Waals surface area contributed by atoms with Gasteiger partial charge in [0.25, 0.3) is 0 Å². The van der Waals surface area contributed by atoms with Gasteiger partial charge in [0, 0.05) is 22.6 Å². The van der Waals surface area contributed by atoms with Crippen LogP contribution in [0.25, 0.3) is 0 Å². The predicted octanol–water partition coefficient (Wildman–Crippen LogP) is 0.759. The van der Waals surface area contributed by atoms with Gasteiger partial charge in [-0.05, 0) is 12.1 Å². The minimum Gasteiger partial charge on any atom is -0.265 e. The molecule has 1 aromatic carbocycles. The maximum absolute atomic E-state index is 3.78. The maximum atomic E-state index is 3.78. The highest BCUT2D eigenvalue weighted by atomic mass is 28.1. The molecular weight excluding hydrogens is 174 g/mol. The topological polar surface area (TPSA) is 12.9 Å². The number of aromatic nitrogens is 1. The Labute approximate surface area is 81.9 Å². The molecule has 1 heterocycles. The smallest absolute Gasteiger partial charge is 0.0384 e. The van der Waals surface area contributed by atoms with Crippen LogP contribution in [0.4, 0.5) is 0 Å². The molecule has 0 saturated carbocycles. The van der Waals surface area contributed by atoms with E-state index in [2.05, 4.69) is 29.2 Å². The van der Waals surface area contributed by atoms with Crippen LogP contribution in [0.3, 0.4) is 0 Å². The van der Waals surface area contributed by atoms with E-state index in [4.69, 9.17) is 0 Å². The Balaban J connectivity index is 0.000000132. The molecule has 2 heteroatoms. The Hall–Kier alpha value is -1.41. The molecular formula is C11H13NSi. The van der Waals surface area contributed by atoms with Crippen molar-refractivity contribution in [2.45, 2.75) is 0 Å². The molecule has 0 aliphatic rings. The number of rotatable bonds is 0. The summed E-state index contributed by atoms with van der Waals surface area (Å²) in [6, 6.07) is 16.2. The molecule has 0 unspecified atom stereocenters. The highest BCUT2D eigenvalue weighted by molar-refractivity contribution is 6.32. The summed E-state index contributed by atoms with van der Waals surface area (Å²) in [5.41, 5.74) is 0. The van der Waals surface area contributed by atoms with Crippen LogP contribution in [-0.4, -0.2) is 15.2 Å². The summed E-state index contributed by atoms with van der Waals surface area (Å²) >= 11 is 0. The summed E-state index contributed by atoms with van der Waals surface area (Å²) in [6.07, 6.45) is 3.50. The van der Waals surface area contributed by atoms with Gasteiger partial charge >= 0.3 is 0 Å². The van der Waals surface area contributed by atoms with E-state index in [9.17, 15) is 0 Å². The minimum atomic E-state index is 1.17. The van der Waals surface area contributed by atoms with Crippen LogP contribution in [0.5, 0.6) is 0 Å². The standard InChI is InChI=1S/C6H8Si.C5H5N/c7-6-4-2-1-3-5-6;1-2-4-6-5-3-1/h1-5H,7H3;1-5H. The SMILES string of the molecule is [SiH3]c1ccccc1.c1ccncc1. The third-order valence-electron chi connectivity index (χ3n) is 1.51. The summed E-state index contributed by atoms with van der Waals surface area (Å²) in [4.78, 5) is 3.78. The van der Waals surface area contributed by atoms with E-state index < -0.39 is 0 Å². The summed E-state index contributed by atoms with van der Waals surface area (Å²) in [5.74, 6) is 0. The van der Waals surface area contributed by atoms with Crippen molar-refractivity contribution in [3.63, 3.8) is 0 Å². The summed E-state index contributed by atoms with van der Waals surface area (Å²) in [5, 5.41) is 1.46. The molecule has 0 radical (unpaired) electrons. The van der Waals surface area contributed by atoms with Crippen molar-refractivity contribution < 1.29 is 0 Å². The quantitative estimate of drug-likeness (QED) is 0.555. The lowest BCUT2D eigenvalue weighted by atomic mass is 10.4. The van der Waals surface area contributed by atoms with Crippen molar-refractivity contribution in [1.82, 2.24) is 4.98 Å². The number of nitrogens with zero attached hydrogens (tertiary/aromatic N) is 1. The molecule has 0 aliphatic heterocycles. The molecule has 0 saturated heterocycles. The second kappa shape index (κ2) is 6.14. The highest BCUT2D eigenvalue weighted by Crippen LogP contribution is 1.76. The molecule has 13 heavy (non-hydrogen) atoms. The third kappa shape index (κ3) is 4.93. The monoisotopic (exact) mass is 187 g/mol. The first kappa shape index (κ1) is 9.67. The van der Waals surface area contributed by atoms with Crippen molar-refractivity contribution in [3.8, 4) is 0 Å². The number of pyridine rings is 1. The van der Waals surface area contributed by atoms with Crippen LogP contribution in [-0.2, 0) is 0 Å². The predicted molar refractivity (Wildman–Crippen MR) is 60.3 cm³/mol. The minimum absolute atomic E-state index is 1.17. The van der Waals surface area contributed by atoms with E-state index in [0.29, 0.717) is 0 Å². The van der Waals surface area contributed by atoms with Gasteiger partial charge < -0.3 is 0 Å². The van der Waals surface area contributed by atoms with Crippen LogP contribution in [0.15, 0.2) is 60.9 Å². The number of benzene rings is 1. The van der Waals surface area contributed by atoms with Crippen molar-refractivity contribution in [3.05, 3.63) is 60.9 Å². The molecule has 0 spiro atoms. The Morgan fingerprint density at radius 1 is 0.769 bits per heavy atom. The van der Waals surface area contributed by atoms with Crippen LogP contribution in [0.1, 0.15) is 0 Å². The van der Waals surface area contributed by atoms with Crippen molar-refractivity contribution in [2.24, 2.45) is 0 Å². The first-order chi connectivity index (χ1) is 6.39. The van der Waals surface area contributed by atoms with E-state index in [-0.39, 0.29) is 0 Å². The van der Waals surface area contributed by atoms with E-state index in [1.165, 1.54) is 15.4 Å². The Morgan fingerprint density at radius 3 is 1.54 bits per heavy atom. The summed E-state index contributed by atoms with van der Waals surface area (Å²) in [6.45, 7) is 0. The van der Waals surface area contributed by atoms with Gasteiger partial charge in [-0.1, -0.05) is 41.6 Å². The van der Waals surface area contributed by atoms with Crippen LogP contribution in [0.2, 0.25) is 0 Å². The summed E-state index contributed by atoms with van der Waals surface area (Å²) in [7, 11) is 1.17. The van der Waals surface area contributed by atoms with E-state index in [0.717, 1.165) is 0 Å². The van der Waals surface area contributed by atoms with Gasteiger partial charge in [-0.15, -0.1) is 0 Å². The van der Waals surface area contributed by atoms with Gasteiger partial charge in [0.15, 0.2) is 0 Å². The van der Waals surface area contributed by atoms with Gasteiger partial charge in [-0.2, -0.15) is 0 Å². The molecule has 0 bridgehead atoms. The first-order valence-corrected chi connectivity index (χ1v) is 5.26. The average Bonchev–Trinajstić information content (AvgIpc) is 2.22. The lowest BCUT2D eigenvalue weighted by Gasteiger charge is -1.82. The molecule has 0 fully saturated rings. The molecule has 0 atom stereocenters. The lowest BCUT2D eigenvalue weighted by molar-refractivity contribution is 1.33. The molecule has 1 aromatic heterocycles. The second-order valence-corrected chi connectivity index (χ2v) is 3.83. The van der Waals surface area contributed by atoms with Gasteiger partial charge in [0.1, 0.15) is 0 Å². The molecule has 0 aliphatic carbocycles. The first-order valence-electron chi connectivity index (χ1n) is 4.26. The Morgan fingerprint density at radius 2 is 1.31 bits per heavy atom. The zero-order valence-corrected chi connectivity index (χ0v) is 9.72. The van der Waals surface area contributed by atoms with Crippen LogP contribution in [0, 0.1) is 0 Å². The Bertz CT molecular complexity index is 281. The van der Waals surface area contributed by atoms with Crippen LogP contribution < -0.4 is 5.19 Å². The van der Waals surface area contributed by atoms with Crippen LogP contribution >= 0.6 is 0 Å².